The predicted molar refractivity (Wildman–Crippen MR) is 84.4 cm³/mol. The van der Waals surface area contributed by atoms with Gasteiger partial charge in [-0.15, -0.1) is 0 Å². The first-order valence-electron chi connectivity index (χ1n) is 7.14. The second kappa shape index (κ2) is 4.88. The number of aryl methyl sites for hydroxylation is 5. The van der Waals surface area contributed by atoms with Crippen LogP contribution in [0.5, 0.6) is 0 Å². The fourth-order valence-electron chi connectivity index (χ4n) is 2.82. The van der Waals surface area contributed by atoms with Crippen molar-refractivity contribution in [2.24, 2.45) is 0 Å². The van der Waals surface area contributed by atoms with Crippen molar-refractivity contribution in [3.05, 3.63) is 58.7 Å². The zero-order valence-corrected chi connectivity index (χ0v) is 13.2. The first-order chi connectivity index (χ1) is 9.97. The topological polar surface area (TPSA) is 35.6 Å². The lowest BCUT2D eigenvalue weighted by Crippen LogP contribution is -2.09. The van der Waals surface area contributed by atoms with Gasteiger partial charge < -0.3 is 0 Å². The summed E-state index contributed by atoms with van der Waals surface area (Å²) in [6, 6.07) is 10.5. The summed E-state index contributed by atoms with van der Waals surface area (Å²) in [5.74, 6) is 0. The Balaban J connectivity index is 2.30. The minimum Gasteiger partial charge on any atom is -0.236 e. The summed E-state index contributed by atoms with van der Waals surface area (Å²) in [6.45, 7) is 10.3. The van der Waals surface area contributed by atoms with Crippen molar-refractivity contribution in [3.63, 3.8) is 0 Å². The molecule has 3 rings (SSSR count). The monoisotopic (exact) mass is 280 g/mol. The van der Waals surface area contributed by atoms with E-state index in [4.69, 9.17) is 0 Å². The van der Waals surface area contributed by atoms with Crippen LogP contribution in [0.1, 0.15) is 28.3 Å². The third-order valence-electron chi connectivity index (χ3n) is 3.68. The Bertz CT molecular complexity index is 808. The molecule has 21 heavy (non-hydrogen) atoms. The fraction of sp³-hybridized carbons (Fsp3) is 0.294. The molecule has 0 atom stereocenters. The van der Waals surface area contributed by atoms with E-state index < -0.39 is 0 Å². The maximum atomic E-state index is 4.64. The summed E-state index contributed by atoms with van der Waals surface area (Å²) >= 11 is 0. The summed E-state index contributed by atoms with van der Waals surface area (Å²) in [6.07, 6.45) is 0. The van der Waals surface area contributed by atoms with Crippen molar-refractivity contribution in [1.29, 1.82) is 0 Å². The SMILES string of the molecule is Cc1cc(C)n(-c2cccc(C)c2-n2nc(C)cc2C)n1. The Kier molecular flexibility index (Phi) is 3.16. The van der Waals surface area contributed by atoms with Crippen molar-refractivity contribution < 1.29 is 0 Å². The highest BCUT2D eigenvalue weighted by molar-refractivity contribution is 5.57. The summed E-state index contributed by atoms with van der Waals surface area (Å²) in [5.41, 5.74) is 7.64. The molecule has 0 aliphatic carbocycles. The zero-order chi connectivity index (χ0) is 15.1. The number of hydrogen-bond acceptors (Lipinski definition) is 2. The smallest absolute Gasteiger partial charge is 0.0935 e. The van der Waals surface area contributed by atoms with E-state index in [-0.39, 0.29) is 0 Å². The van der Waals surface area contributed by atoms with Gasteiger partial charge >= 0.3 is 0 Å². The highest BCUT2D eigenvalue weighted by Crippen LogP contribution is 2.25. The molecule has 0 aliphatic heterocycles. The van der Waals surface area contributed by atoms with Gasteiger partial charge in [0.2, 0.25) is 0 Å². The molecule has 2 aromatic heterocycles. The van der Waals surface area contributed by atoms with Gasteiger partial charge in [-0.25, -0.2) is 9.36 Å². The first kappa shape index (κ1) is 13.6. The quantitative estimate of drug-likeness (QED) is 0.719. The molecule has 0 radical (unpaired) electrons. The van der Waals surface area contributed by atoms with Gasteiger partial charge in [0.25, 0.3) is 0 Å². The number of rotatable bonds is 2. The number of nitrogens with zero attached hydrogens (tertiary/aromatic N) is 4. The molecule has 4 nitrogen and oxygen atoms in total. The van der Waals surface area contributed by atoms with Crippen LogP contribution in [0.4, 0.5) is 0 Å². The first-order valence-corrected chi connectivity index (χ1v) is 7.14. The average Bonchev–Trinajstić information content (AvgIpc) is 2.91. The van der Waals surface area contributed by atoms with Crippen LogP contribution < -0.4 is 0 Å². The van der Waals surface area contributed by atoms with Crippen molar-refractivity contribution in [2.45, 2.75) is 34.6 Å². The number of hydrogen-bond donors (Lipinski definition) is 0. The van der Waals surface area contributed by atoms with Crippen LogP contribution in [0, 0.1) is 34.6 Å². The lowest BCUT2D eigenvalue weighted by molar-refractivity contribution is 0.779. The van der Waals surface area contributed by atoms with Crippen LogP contribution in [0.25, 0.3) is 11.4 Å². The minimum absolute atomic E-state index is 1.02. The van der Waals surface area contributed by atoms with Crippen LogP contribution in [-0.2, 0) is 0 Å². The van der Waals surface area contributed by atoms with Crippen molar-refractivity contribution in [3.8, 4) is 11.4 Å². The molecule has 0 amide bonds. The average molecular weight is 280 g/mol. The number of para-hydroxylation sites is 1. The maximum absolute atomic E-state index is 4.64. The maximum Gasteiger partial charge on any atom is 0.0935 e. The molecule has 0 bridgehead atoms. The largest absolute Gasteiger partial charge is 0.236 e. The Labute approximate surface area is 125 Å². The second-order valence-corrected chi connectivity index (χ2v) is 5.62. The summed E-state index contributed by atoms with van der Waals surface area (Å²) < 4.78 is 4.00. The fourth-order valence-corrected chi connectivity index (χ4v) is 2.82. The van der Waals surface area contributed by atoms with Gasteiger partial charge in [0.15, 0.2) is 0 Å². The third-order valence-corrected chi connectivity index (χ3v) is 3.68. The van der Waals surface area contributed by atoms with Gasteiger partial charge in [0.1, 0.15) is 0 Å². The van der Waals surface area contributed by atoms with E-state index in [1.807, 2.05) is 23.2 Å². The highest BCUT2D eigenvalue weighted by Gasteiger charge is 2.15. The third kappa shape index (κ3) is 2.27. The van der Waals surface area contributed by atoms with E-state index in [1.165, 1.54) is 5.56 Å². The van der Waals surface area contributed by atoms with Crippen LogP contribution in [0.2, 0.25) is 0 Å². The summed E-state index contributed by atoms with van der Waals surface area (Å²) in [7, 11) is 0. The summed E-state index contributed by atoms with van der Waals surface area (Å²) in [4.78, 5) is 0. The highest BCUT2D eigenvalue weighted by atomic mass is 15.3. The van der Waals surface area contributed by atoms with Gasteiger partial charge in [-0.05, 0) is 58.4 Å². The van der Waals surface area contributed by atoms with Crippen LogP contribution in [-0.4, -0.2) is 19.6 Å². The number of benzene rings is 1. The summed E-state index contributed by atoms with van der Waals surface area (Å²) in [5, 5.41) is 9.26. The lowest BCUT2D eigenvalue weighted by atomic mass is 10.1. The van der Waals surface area contributed by atoms with Gasteiger partial charge in [0.05, 0.1) is 22.8 Å². The standard InChI is InChI=1S/C17H20N4/c1-11-7-6-8-16(20-14(4)9-12(2)18-20)17(11)21-15(5)10-13(3)19-21/h6-10H,1-5H3. The van der Waals surface area contributed by atoms with Crippen LogP contribution >= 0.6 is 0 Å². The molecular weight excluding hydrogens is 260 g/mol. The van der Waals surface area contributed by atoms with Crippen molar-refractivity contribution in [1.82, 2.24) is 19.6 Å². The van der Waals surface area contributed by atoms with E-state index in [1.54, 1.807) is 0 Å². The van der Waals surface area contributed by atoms with Crippen molar-refractivity contribution in [2.75, 3.05) is 0 Å². The van der Waals surface area contributed by atoms with Crippen molar-refractivity contribution >= 4 is 0 Å². The molecule has 3 aromatic rings. The molecule has 0 saturated carbocycles. The molecule has 0 aliphatic rings. The molecule has 0 spiro atoms. The van der Waals surface area contributed by atoms with E-state index in [2.05, 4.69) is 61.3 Å². The lowest BCUT2D eigenvalue weighted by Gasteiger charge is -2.15. The Morgan fingerprint density at radius 1 is 0.762 bits per heavy atom. The molecule has 2 heterocycles. The van der Waals surface area contributed by atoms with E-state index >= 15 is 0 Å². The zero-order valence-electron chi connectivity index (χ0n) is 13.2. The van der Waals surface area contributed by atoms with Gasteiger partial charge in [-0.2, -0.15) is 10.2 Å². The molecule has 4 heteroatoms. The molecule has 0 unspecified atom stereocenters. The Morgan fingerprint density at radius 2 is 1.33 bits per heavy atom. The normalized spacial score (nSPS) is 11.1. The Morgan fingerprint density at radius 3 is 1.86 bits per heavy atom. The van der Waals surface area contributed by atoms with E-state index in [9.17, 15) is 0 Å². The predicted octanol–water partition coefficient (Wildman–Crippen LogP) is 3.60. The van der Waals surface area contributed by atoms with Crippen LogP contribution in [0.15, 0.2) is 30.3 Å². The minimum atomic E-state index is 1.02. The molecule has 0 saturated heterocycles. The van der Waals surface area contributed by atoms with Gasteiger partial charge in [-0.3, -0.25) is 0 Å². The molecular formula is C17H20N4. The molecule has 0 fully saturated rings. The Hall–Kier alpha value is -2.36. The molecule has 1 aromatic carbocycles. The van der Waals surface area contributed by atoms with Crippen LogP contribution in [0.3, 0.4) is 0 Å². The van der Waals surface area contributed by atoms with Gasteiger partial charge in [-0.1, -0.05) is 12.1 Å². The second-order valence-electron chi connectivity index (χ2n) is 5.62. The van der Waals surface area contributed by atoms with E-state index in [0.717, 1.165) is 34.2 Å². The molecule has 0 N–H and O–H groups in total. The molecule has 108 valence electrons. The van der Waals surface area contributed by atoms with E-state index in [0.29, 0.717) is 0 Å². The number of aromatic nitrogens is 4. The van der Waals surface area contributed by atoms with Gasteiger partial charge in [0, 0.05) is 11.4 Å².